The lowest BCUT2D eigenvalue weighted by Gasteiger charge is -2.32. The van der Waals surface area contributed by atoms with E-state index in [9.17, 15) is 0 Å². The van der Waals surface area contributed by atoms with E-state index in [1.807, 2.05) is 0 Å². The molecule has 0 amide bonds. The third-order valence-electron chi connectivity index (χ3n) is 14.1. The van der Waals surface area contributed by atoms with Crippen LogP contribution >= 0.6 is 0 Å². The third kappa shape index (κ3) is 5.70. The monoisotopic (exact) mass is 843 g/mol. The summed E-state index contributed by atoms with van der Waals surface area (Å²) in [5.41, 5.74) is 20.1. The minimum Gasteiger partial charge on any atom is -0.309 e. The molecule has 0 N–H and O–H groups in total. The van der Waals surface area contributed by atoms with Gasteiger partial charge in [-0.15, -0.1) is 0 Å². The highest BCUT2D eigenvalue weighted by Gasteiger charge is 2.36. The predicted molar refractivity (Wildman–Crippen MR) is 278 cm³/mol. The Labute approximate surface area is 384 Å². The van der Waals surface area contributed by atoms with Crippen molar-refractivity contribution in [1.29, 1.82) is 0 Å². The Hall–Kier alpha value is -8.40. The molecular weight excluding hydrogens is 799 g/mol. The summed E-state index contributed by atoms with van der Waals surface area (Å²) >= 11 is 0. The van der Waals surface area contributed by atoms with Gasteiger partial charge in [0.05, 0.1) is 33.4 Å². The fourth-order valence-electron chi connectivity index (χ4n) is 11.1. The van der Waals surface area contributed by atoms with E-state index in [1.54, 1.807) is 0 Å². The molecule has 0 bridgehead atoms. The first kappa shape index (κ1) is 38.1. The van der Waals surface area contributed by atoms with Gasteiger partial charge in [-0.25, -0.2) is 0 Å². The minimum absolute atomic E-state index is 0.192. The topological polar surface area (TPSA) is 13.1 Å². The third-order valence-corrected chi connectivity index (χ3v) is 14.1. The molecule has 312 valence electrons. The van der Waals surface area contributed by atoms with Crippen LogP contribution in [-0.4, -0.2) is 9.13 Å². The summed E-state index contributed by atoms with van der Waals surface area (Å²) in [4.78, 5) is 2.58. The molecule has 0 aliphatic heterocycles. The maximum atomic E-state index is 2.58. The molecule has 1 aliphatic rings. The van der Waals surface area contributed by atoms with Gasteiger partial charge in [-0.2, -0.15) is 0 Å². The standard InChI is InChI=1S/C63H45N3/c1-63(2)54-30-16-12-27-49(54)50-36-35-46(41-55(50)63)66(56-31-17-13-26-47(56)42-20-6-3-7-21-42)62-48(37-39-60-61(62)52-29-15-19-33-58(52)65(60)45-24-10-5-11-25-45)43-34-38-59-53(40-43)51-28-14-18-32-57(51)64(59)44-22-8-4-9-23-44/h3-41H,1-2H3. The van der Waals surface area contributed by atoms with Gasteiger partial charge in [0.25, 0.3) is 0 Å². The summed E-state index contributed by atoms with van der Waals surface area (Å²) in [5, 5.41) is 4.85. The van der Waals surface area contributed by atoms with E-state index in [4.69, 9.17) is 0 Å². The van der Waals surface area contributed by atoms with Crippen molar-refractivity contribution in [1.82, 2.24) is 9.13 Å². The SMILES string of the molecule is CC1(C)c2ccccc2-c2ccc(N(c3ccccc3-c3ccccc3)c3c(-c4ccc5c(c4)c4ccccc4n5-c4ccccc4)ccc4c3c3ccccc3n4-c3ccccc3)cc21. The number of anilines is 3. The molecule has 2 heterocycles. The van der Waals surface area contributed by atoms with E-state index in [2.05, 4.69) is 264 Å². The number of hydrogen-bond donors (Lipinski definition) is 0. The molecule has 3 heteroatoms. The van der Waals surface area contributed by atoms with Crippen molar-refractivity contribution in [2.75, 3.05) is 4.90 Å². The van der Waals surface area contributed by atoms with Gasteiger partial charge in [-0.05, 0) is 106 Å². The summed E-state index contributed by atoms with van der Waals surface area (Å²) in [6, 6.07) is 87.1. The predicted octanol–water partition coefficient (Wildman–Crippen LogP) is 17.0. The molecule has 66 heavy (non-hydrogen) atoms. The van der Waals surface area contributed by atoms with Crippen LogP contribution in [0.5, 0.6) is 0 Å². The zero-order valence-corrected chi connectivity index (χ0v) is 36.9. The molecule has 10 aromatic carbocycles. The first-order valence-corrected chi connectivity index (χ1v) is 22.9. The molecule has 13 rings (SSSR count). The quantitative estimate of drug-likeness (QED) is 0.156. The van der Waals surface area contributed by atoms with Crippen LogP contribution in [0.2, 0.25) is 0 Å². The number of fused-ring (bicyclic) bond motifs is 9. The second-order valence-electron chi connectivity index (χ2n) is 18.1. The molecule has 0 saturated carbocycles. The van der Waals surface area contributed by atoms with Crippen molar-refractivity contribution in [3.63, 3.8) is 0 Å². The van der Waals surface area contributed by atoms with Gasteiger partial charge in [0.2, 0.25) is 0 Å². The first-order valence-electron chi connectivity index (χ1n) is 22.9. The van der Waals surface area contributed by atoms with Crippen molar-refractivity contribution in [2.24, 2.45) is 0 Å². The molecule has 0 spiro atoms. The lowest BCUT2D eigenvalue weighted by atomic mass is 9.82. The maximum absolute atomic E-state index is 2.58. The highest BCUT2D eigenvalue weighted by Crippen LogP contribution is 2.54. The van der Waals surface area contributed by atoms with Crippen molar-refractivity contribution in [2.45, 2.75) is 19.3 Å². The Balaban J connectivity index is 1.17. The molecule has 2 aromatic heterocycles. The average molecular weight is 844 g/mol. The fourth-order valence-corrected chi connectivity index (χ4v) is 11.1. The van der Waals surface area contributed by atoms with Crippen LogP contribution in [0.3, 0.4) is 0 Å². The highest BCUT2D eigenvalue weighted by molar-refractivity contribution is 6.21. The zero-order chi connectivity index (χ0) is 43.9. The Morgan fingerprint density at radius 3 is 1.62 bits per heavy atom. The summed E-state index contributed by atoms with van der Waals surface area (Å²) in [5.74, 6) is 0. The molecule has 0 radical (unpaired) electrons. The molecule has 0 atom stereocenters. The van der Waals surface area contributed by atoms with E-state index < -0.39 is 0 Å². The number of aromatic nitrogens is 2. The summed E-state index contributed by atoms with van der Waals surface area (Å²) < 4.78 is 4.84. The highest BCUT2D eigenvalue weighted by atomic mass is 15.2. The average Bonchev–Trinajstić information content (AvgIpc) is 3.98. The maximum Gasteiger partial charge on any atom is 0.0640 e. The Kier molecular flexibility index (Phi) is 8.56. The van der Waals surface area contributed by atoms with Crippen LogP contribution in [-0.2, 0) is 5.41 Å². The Morgan fingerprint density at radius 1 is 0.348 bits per heavy atom. The van der Waals surface area contributed by atoms with Crippen molar-refractivity contribution >= 4 is 60.7 Å². The first-order chi connectivity index (χ1) is 32.5. The van der Waals surface area contributed by atoms with Crippen molar-refractivity contribution in [3.05, 3.63) is 248 Å². The molecule has 0 unspecified atom stereocenters. The van der Waals surface area contributed by atoms with Gasteiger partial charge in [0.15, 0.2) is 0 Å². The van der Waals surface area contributed by atoms with E-state index in [0.29, 0.717) is 0 Å². The van der Waals surface area contributed by atoms with Crippen LogP contribution in [0.25, 0.3) is 88.4 Å². The molecule has 3 nitrogen and oxygen atoms in total. The molecular formula is C63H45N3. The van der Waals surface area contributed by atoms with Gasteiger partial charge in [-0.1, -0.05) is 178 Å². The number of rotatable bonds is 7. The molecule has 1 aliphatic carbocycles. The van der Waals surface area contributed by atoms with Gasteiger partial charge in [0.1, 0.15) is 0 Å². The van der Waals surface area contributed by atoms with Gasteiger partial charge in [-0.3, -0.25) is 0 Å². The van der Waals surface area contributed by atoms with E-state index >= 15 is 0 Å². The lowest BCUT2D eigenvalue weighted by molar-refractivity contribution is 0.660. The summed E-state index contributed by atoms with van der Waals surface area (Å²) in [7, 11) is 0. The van der Waals surface area contributed by atoms with Gasteiger partial charge < -0.3 is 14.0 Å². The van der Waals surface area contributed by atoms with Crippen LogP contribution in [0, 0.1) is 0 Å². The number of benzene rings is 10. The van der Waals surface area contributed by atoms with Crippen LogP contribution in [0.1, 0.15) is 25.0 Å². The lowest BCUT2D eigenvalue weighted by Crippen LogP contribution is -2.17. The van der Waals surface area contributed by atoms with Gasteiger partial charge in [0, 0.05) is 55.1 Å². The normalized spacial score (nSPS) is 12.8. The zero-order valence-electron chi connectivity index (χ0n) is 36.9. The summed E-state index contributed by atoms with van der Waals surface area (Å²) in [6.07, 6.45) is 0. The second-order valence-corrected chi connectivity index (χ2v) is 18.1. The fraction of sp³-hybridized carbons (Fsp3) is 0.0476. The van der Waals surface area contributed by atoms with E-state index in [1.165, 1.54) is 65.9 Å². The Morgan fingerprint density at radius 2 is 0.879 bits per heavy atom. The molecule has 0 saturated heterocycles. The van der Waals surface area contributed by atoms with Crippen LogP contribution in [0.4, 0.5) is 17.1 Å². The van der Waals surface area contributed by atoms with Crippen molar-refractivity contribution in [3.8, 4) is 44.8 Å². The smallest absolute Gasteiger partial charge is 0.0640 e. The van der Waals surface area contributed by atoms with E-state index in [0.717, 1.165) is 50.6 Å². The van der Waals surface area contributed by atoms with Gasteiger partial charge >= 0.3 is 0 Å². The van der Waals surface area contributed by atoms with Crippen LogP contribution < -0.4 is 4.90 Å². The minimum atomic E-state index is -0.192. The van der Waals surface area contributed by atoms with Crippen LogP contribution in [0.15, 0.2) is 237 Å². The van der Waals surface area contributed by atoms with Crippen molar-refractivity contribution < 1.29 is 0 Å². The molecule has 12 aromatic rings. The molecule has 0 fully saturated rings. The summed E-state index contributed by atoms with van der Waals surface area (Å²) in [6.45, 7) is 4.76. The largest absolute Gasteiger partial charge is 0.309 e. The van der Waals surface area contributed by atoms with E-state index in [-0.39, 0.29) is 5.41 Å². The number of para-hydroxylation sites is 5. The Bertz CT molecular complexity index is 3840. The second kappa shape index (κ2) is 14.8. The number of hydrogen-bond acceptors (Lipinski definition) is 1. The number of nitrogens with zero attached hydrogens (tertiary/aromatic N) is 3.